The second kappa shape index (κ2) is 4.97. The molecule has 1 heterocycles. The molecule has 2 rings (SSSR count). The Morgan fingerprint density at radius 2 is 2.24 bits per heavy atom. The number of hydrogen-bond acceptors (Lipinski definition) is 3. The van der Waals surface area contributed by atoms with Crippen LogP contribution in [-0.4, -0.2) is 21.1 Å². The zero-order valence-corrected chi connectivity index (χ0v) is 9.95. The Hall–Kier alpha value is -1.88. The van der Waals surface area contributed by atoms with Gasteiger partial charge in [0.05, 0.1) is 10.7 Å². The van der Waals surface area contributed by atoms with Gasteiger partial charge in [0.2, 0.25) is 5.82 Å². The number of hydrogen-bond donors (Lipinski definition) is 2. The van der Waals surface area contributed by atoms with Gasteiger partial charge >= 0.3 is 0 Å². The number of nitrogens with zero attached hydrogens (tertiary/aromatic N) is 2. The van der Waals surface area contributed by atoms with E-state index >= 15 is 0 Å². The summed E-state index contributed by atoms with van der Waals surface area (Å²) < 4.78 is 0. The Labute approximate surface area is 103 Å². The predicted molar refractivity (Wildman–Crippen MR) is 65.2 cm³/mol. The lowest BCUT2D eigenvalue weighted by molar-refractivity contribution is 0.101. The fraction of sp³-hybridized carbons (Fsp3) is 0.182. The number of para-hydroxylation sites is 1. The minimum Gasteiger partial charge on any atom is -0.318 e. The molecule has 1 amide bonds. The van der Waals surface area contributed by atoms with Crippen molar-refractivity contribution in [2.75, 3.05) is 5.32 Å². The molecule has 2 aromatic rings. The number of benzene rings is 1. The number of carbonyl (C=O) groups is 1. The summed E-state index contributed by atoms with van der Waals surface area (Å²) in [6.07, 6.45) is 0.701. The summed E-state index contributed by atoms with van der Waals surface area (Å²) in [6, 6.07) is 7.00. The topological polar surface area (TPSA) is 70.7 Å². The molecule has 88 valence electrons. The van der Waals surface area contributed by atoms with E-state index in [1.165, 1.54) is 0 Å². The number of anilines is 1. The van der Waals surface area contributed by atoms with E-state index in [1.807, 2.05) is 6.92 Å². The molecule has 6 heteroatoms. The number of carbonyl (C=O) groups excluding carboxylic acids is 1. The number of aromatic nitrogens is 3. The Bertz CT molecular complexity index is 538. The van der Waals surface area contributed by atoms with Crippen LogP contribution in [0.4, 0.5) is 5.69 Å². The maximum Gasteiger partial charge on any atom is 0.295 e. The molecule has 17 heavy (non-hydrogen) atoms. The quantitative estimate of drug-likeness (QED) is 0.878. The first-order chi connectivity index (χ1) is 8.20. The summed E-state index contributed by atoms with van der Waals surface area (Å²) in [7, 11) is 0. The Kier molecular flexibility index (Phi) is 3.39. The van der Waals surface area contributed by atoms with E-state index in [9.17, 15) is 4.79 Å². The van der Waals surface area contributed by atoms with E-state index in [0.29, 0.717) is 23.0 Å². The summed E-state index contributed by atoms with van der Waals surface area (Å²) >= 11 is 5.92. The van der Waals surface area contributed by atoms with Gasteiger partial charge in [-0.25, -0.2) is 4.98 Å². The largest absolute Gasteiger partial charge is 0.318 e. The summed E-state index contributed by atoms with van der Waals surface area (Å²) in [5, 5.41) is 9.63. The van der Waals surface area contributed by atoms with E-state index < -0.39 is 0 Å². The van der Waals surface area contributed by atoms with Crippen LogP contribution in [0.2, 0.25) is 5.02 Å². The molecule has 5 nitrogen and oxygen atoms in total. The molecule has 0 aliphatic heterocycles. The van der Waals surface area contributed by atoms with Crippen molar-refractivity contribution in [3.05, 3.63) is 40.9 Å². The zero-order valence-electron chi connectivity index (χ0n) is 9.20. The Morgan fingerprint density at radius 3 is 2.88 bits per heavy atom. The van der Waals surface area contributed by atoms with E-state index in [2.05, 4.69) is 20.5 Å². The molecule has 2 N–H and O–H groups in total. The van der Waals surface area contributed by atoms with Gasteiger partial charge in [0.15, 0.2) is 0 Å². The molecule has 0 bridgehead atoms. The molecule has 0 saturated heterocycles. The normalized spacial score (nSPS) is 10.2. The number of H-pyrrole nitrogens is 1. The summed E-state index contributed by atoms with van der Waals surface area (Å²) in [4.78, 5) is 15.8. The lowest BCUT2D eigenvalue weighted by atomic mass is 10.3. The molecule has 0 saturated carbocycles. The van der Waals surface area contributed by atoms with Crippen molar-refractivity contribution >= 4 is 23.2 Å². The van der Waals surface area contributed by atoms with Gasteiger partial charge in [-0.05, 0) is 12.1 Å². The Morgan fingerprint density at radius 1 is 1.47 bits per heavy atom. The van der Waals surface area contributed by atoms with Gasteiger partial charge in [0.1, 0.15) is 5.82 Å². The maximum atomic E-state index is 11.8. The lowest BCUT2D eigenvalue weighted by Crippen LogP contribution is -2.14. The molecular weight excluding hydrogens is 240 g/mol. The zero-order chi connectivity index (χ0) is 12.3. The van der Waals surface area contributed by atoms with Crippen molar-refractivity contribution in [3.63, 3.8) is 0 Å². The van der Waals surface area contributed by atoms with Gasteiger partial charge in [-0.2, -0.15) is 0 Å². The smallest absolute Gasteiger partial charge is 0.295 e. The van der Waals surface area contributed by atoms with E-state index in [0.717, 1.165) is 0 Å². The fourth-order valence-corrected chi connectivity index (χ4v) is 1.48. The van der Waals surface area contributed by atoms with Gasteiger partial charge in [-0.3, -0.25) is 9.89 Å². The Balaban J connectivity index is 2.14. The van der Waals surface area contributed by atoms with Gasteiger partial charge in [0.25, 0.3) is 5.91 Å². The molecule has 0 fully saturated rings. The predicted octanol–water partition coefficient (Wildman–Crippen LogP) is 2.27. The number of halogens is 1. The number of rotatable bonds is 3. The first-order valence-corrected chi connectivity index (χ1v) is 5.55. The van der Waals surface area contributed by atoms with E-state index in [1.54, 1.807) is 24.3 Å². The molecule has 0 atom stereocenters. The molecule has 0 aliphatic carbocycles. The monoisotopic (exact) mass is 250 g/mol. The van der Waals surface area contributed by atoms with Crippen molar-refractivity contribution in [1.82, 2.24) is 15.2 Å². The number of aromatic amines is 1. The highest BCUT2D eigenvalue weighted by Crippen LogP contribution is 2.20. The minimum atomic E-state index is -0.381. The van der Waals surface area contributed by atoms with Crippen LogP contribution in [0.25, 0.3) is 0 Å². The third-order valence-electron chi connectivity index (χ3n) is 2.19. The average Bonchev–Trinajstić information content (AvgIpc) is 2.81. The molecule has 0 unspecified atom stereocenters. The maximum absolute atomic E-state index is 11.8. The van der Waals surface area contributed by atoms with Gasteiger partial charge < -0.3 is 5.32 Å². The molecular formula is C11H11ClN4O. The lowest BCUT2D eigenvalue weighted by Gasteiger charge is -2.03. The van der Waals surface area contributed by atoms with Gasteiger partial charge in [-0.1, -0.05) is 30.7 Å². The standard InChI is InChI=1S/C11H11ClN4O/c1-2-9-14-10(16-15-9)11(17)13-8-6-4-3-5-7(8)12/h3-6H,2H2,1H3,(H,13,17)(H,14,15,16). The van der Waals surface area contributed by atoms with Crippen LogP contribution in [-0.2, 0) is 6.42 Å². The molecule has 0 radical (unpaired) electrons. The number of aryl methyl sites for hydroxylation is 1. The third-order valence-corrected chi connectivity index (χ3v) is 2.52. The highest BCUT2D eigenvalue weighted by Gasteiger charge is 2.13. The molecule has 1 aromatic carbocycles. The average molecular weight is 251 g/mol. The summed E-state index contributed by atoms with van der Waals surface area (Å²) in [5.41, 5.74) is 0.544. The first kappa shape index (κ1) is 11.6. The highest BCUT2D eigenvalue weighted by atomic mass is 35.5. The molecule has 0 spiro atoms. The highest BCUT2D eigenvalue weighted by molar-refractivity contribution is 6.33. The van der Waals surface area contributed by atoms with Crippen molar-refractivity contribution in [1.29, 1.82) is 0 Å². The van der Waals surface area contributed by atoms with Crippen LogP contribution < -0.4 is 5.32 Å². The summed E-state index contributed by atoms with van der Waals surface area (Å²) in [6.45, 7) is 1.93. The van der Waals surface area contributed by atoms with Crippen molar-refractivity contribution in [2.24, 2.45) is 0 Å². The van der Waals surface area contributed by atoms with Crippen LogP contribution in [0.1, 0.15) is 23.4 Å². The first-order valence-electron chi connectivity index (χ1n) is 5.18. The van der Waals surface area contributed by atoms with Crippen LogP contribution >= 0.6 is 11.6 Å². The van der Waals surface area contributed by atoms with E-state index in [-0.39, 0.29) is 11.7 Å². The van der Waals surface area contributed by atoms with Crippen molar-refractivity contribution in [2.45, 2.75) is 13.3 Å². The summed E-state index contributed by atoms with van der Waals surface area (Å²) in [5.74, 6) is 0.408. The van der Waals surface area contributed by atoms with Crippen molar-refractivity contribution < 1.29 is 4.79 Å². The van der Waals surface area contributed by atoms with Crippen LogP contribution in [0.5, 0.6) is 0 Å². The second-order valence-corrected chi connectivity index (χ2v) is 3.80. The fourth-order valence-electron chi connectivity index (χ4n) is 1.30. The molecule has 0 aliphatic rings. The molecule has 1 aromatic heterocycles. The van der Waals surface area contributed by atoms with Gasteiger partial charge in [-0.15, -0.1) is 5.10 Å². The van der Waals surface area contributed by atoms with Crippen LogP contribution in [0.15, 0.2) is 24.3 Å². The minimum absolute atomic E-state index is 0.113. The SMILES string of the molecule is CCc1nc(C(=O)Nc2ccccc2Cl)n[nH]1. The van der Waals surface area contributed by atoms with Gasteiger partial charge in [0, 0.05) is 6.42 Å². The number of amides is 1. The van der Waals surface area contributed by atoms with Crippen LogP contribution in [0.3, 0.4) is 0 Å². The van der Waals surface area contributed by atoms with E-state index in [4.69, 9.17) is 11.6 Å². The number of nitrogens with one attached hydrogen (secondary N) is 2. The van der Waals surface area contributed by atoms with Crippen molar-refractivity contribution in [3.8, 4) is 0 Å². The third kappa shape index (κ3) is 2.62. The second-order valence-electron chi connectivity index (χ2n) is 3.39. The van der Waals surface area contributed by atoms with Crippen LogP contribution in [0, 0.1) is 0 Å².